The molecule has 0 bridgehead atoms. The average molecular weight is 222 g/mol. The molecule has 1 saturated heterocycles. The second kappa shape index (κ2) is 5.77. The number of benzene rings is 1. The second-order valence-corrected chi connectivity index (χ2v) is 3.71. The Bertz CT molecular complexity index is 342. The molecule has 3 heteroatoms. The van der Waals surface area contributed by atoms with Crippen LogP contribution in [0.25, 0.3) is 6.08 Å². The van der Waals surface area contributed by atoms with Gasteiger partial charge in [0.25, 0.3) is 0 Å². The summed E-state index contributed by atoms with van der Waals surface area (Å²) in [6.45, 7) is 1.24. The lowest BCUT2D eigenvalue weighted by molar-refractivity contribution is -0.0468. The second-order valence-electron chi connectivity index (χ2n) is 3.71. The van der Waals surface area contributed by atoms with Crippen LogP contribution in [0.5, 0.6) is 0 Å². The van der Waals surface area contributed by atoms with Crippen LogP contribution in [0.3, 0.4) is 0 Å². The summed E-state index contributed by atoms with van der Waals surface area (Å²) in [6, 6.07) is 9.45. The molecule has 0 radical (unpaired) electrons. The molecule has 0 saturated carbocycles. The van der Waals surface area contributed by atoms with E-state index in [2.05, 4.69) is 0 Å². The summed E-state index contributed by atoms with van der Waals surface area (Å²) in [5.41, 5.74) is 0.883. The Labute approximate surface area is 94.7 Å². The molecule has 1 aromatic carbocycles. The highest BCUT2D eigenvalue weighted by Crippen LogP contribution is 2.17. The summed E-state index contributed by atoms with van der Waals surface area (Å²) in [6.07, 6.45) is 2.26. The summed E-state index contributed by atoms with van der Waals surface area (Å²) < 4.78 is 24.0. The lowest BCUT2D eigenvalue weighted by Gasteiger charge is -2.06. The quantitative estimate of drug-likeness (QED) is 0.779. The van der Waals surface area contributed by atoms with E-state index in [4.69, 9.17) is 9.47 Å². The number of halogens is 1. The molecule has 1 aromatic rings. The first-order valence-corrected chi connectivity index (χ1v) is 5.49. The van der Waals surface area contributed by atoms with Crippen molar-refractivity contribution in [1.29, 1.82) is 0 Å². The standard InChI is InChI=1S/C13H15FO2/c14-12(6-7-13-15-8-9-16-13)10-11-4-2-1-3-5-11/h1-5,10,13H,6-9H2. The van der Waals surface area contributed by atoms with Gasteiger partial charge in [-0.05, 0) is 11.6 Å². The van der Waals surface area contributed by atoms with Crippen LogP contribution in [0.2, 0.25) is 0 Å². The maximum Gasteiger partial charge on any atom is 0.158 e. The maximum absolute atomic E-state index is 13.5. The number of allylic oxidation sites excluding steroid dienone is 1. The van der Waals surface area contributed by atoms with E-state index in [1.165, 1.54) is 0 Å². The third-order valence-corrected chi connectivity index (χ3v) is 2.43. The largest absolute Gasteiger partial charge is 0.350 e. The fraction of sp³-hybridized carbons (Fsp3) is 0.385. The lowest BCUT2D eigenvalue weighted by Crippen LogP contribution is -2.06. The molecule has 1 fully saturated rings. The van der Waals surface area contributed by atoms with Crippen molar-refractivity contribution in [3.8, 4) is 0 Å². The minimum Gasteiger partial charge on any atom is -0.350 e. The fourth-order valence-electron chi connectivity index (χ4n) is 1.63. The van der Waals surface area contributed by atoms with Gasteiger partial charge in [-0.15, -0.1) is 0 Å². The molecule has 0 unspecified atom stereocenters. The van der Waals surface area contributed by atoms with Gasteiger partial charge in [-0.25, -0.2) is 4.39 Å². The van der Waals surface area contributed by atoms with Gasteiger partial charge in [-0.1, -0.05) is 30.3 Å². The van der Waals surface area contributed by atoms with E-state index < -0.39 is 0 Å². The highest BCUT2D eigenvalue weighted by Gasteiger charge is 2.15. The zero-order valence-electron chi connectivity index (χ0n) is 9.06. The molecular formula is C13H15FO2. The van der Waals surface area contributed by atoms with Gasteiger partial charge in [0.2, 0.25) is 0 Å². The van der Waals surface area contributed by atoms with Gasteiger partial charge in [0.15, 0.2) is 6.29 Å². The number of hydrogen-bond donors (Lipinski definition) is 0. The molecule has 2 rings (SSSR count). The van der Waals surface area contributed by atoms with E-state index in [-0.39, 0.29) is 12.1 Å². The van der Waals surface area contributed by atoms with Crippen LogP contribution in [0.4, 0.5) is 4.39 Å². The van der Waals surface area contributed by atoms with Crippen molar-refractivity contribution in [1.82, 2.24) is 0 Å². The highest BCUT2D eigenvalue weighted by atomic mass is 19.1. The molecular weight excluding hydrogens is 207 g/mol. The van der Waals surface area contributed by atoms with Gasteiger partial charge in [0.05, 0.1) is 13.2 Å². The van der Waals surface area contributed by atoms with Gasteiger partial charge < -0.3 is 9.47 Å². The maximum atomic E-state index is 13.5. The van der Waals surface area contributed by atoms with E-state index in [0.717, 1.165) is 5.56 Å². The smallest absolute Gasteiger partial charge is 0.158 e. The summed E-state index contributed by atoms with van der Waals surface area (Å²) in [5, 5.41) is 0. The predicted molar refractivity (Wildman–Crippen MR) is 60.5 cm³/mol. The number of rotatable bonds is 4. The van der Waals surface area contributed by atoms with Crippen LogP contribution in [0, 0.1) is 0 Å². The Hall–Kier alpha value is -1.19. The Morgan fingerprint density at radius 2 is 1.94 bits per heavy atom. The van der Waals surface area contributed by atoms with Crippen molar-refractivity contribution in [2.24, 2.45) is 0 Å². The van der Waals surface area contributed by atoms with Crippen LogP contribution < -0.4 is 0 Å². The van der Waals surface area contributed by atoms with E-state index >= 15 is 0 Å². The molecule has 0 aliphatic carbocycles. The molecule has 0 N–H and O–H groups in total. The number of ether oxygens (including phenoxy) is 2. The van der Waals surface area contributed by atoms with E-state index in [1.807, 2.05) is 30.3 Å². The third-order valence-electron chi connectivity index (χ3n) is 2.43. The zero-order valence-corrected chi connectivity index (χ0v) is 9.06. The molecule has 1 aliphatic rings. The Balaban J connectivity index is 1.82. The van der Waals surface area contributed by atoms with E-state index in [1.54, 1.807) is 6.08 Å². The summed E-state index contributed by atoms with van der Waals surface area (Å²) >= 11 is 0. The summed E-state index contributed by atoms with van der Waals surface area (Å²) in [7, 11) is 0. The SMILES string of the molecule is FC(=Cc1ccccc1)CCC1OCCO1. The molecule has 0 spiro atoms. The Morgan fingerprint density at radius 3 is 2.62 bits per heavy atom. The summed E-state index contributed by atoms with van der Waals surface area (Å²) in [5.74, 6) is -0.134. The average Bonchev–Trinajstić information content (AvgIpc) is 2.81. The fourth-order valence-corrected chi connectivity index (χ4v) is 1.63. The van der Waals surface area contributed by atoms with Crippen LogP contribution in [-0.2, 0) is 9.47 Å². The van der Waals surface area contributed by atoms with Crippen molar-refractivity contribution in [3.63, 3.8) is 0 Å². The van der Waals surface area contributed by atoms with Crippen LogP contribution in [-0.4, -0.2) is 19.5 Å². The van der Waals surface area contributed by atoms with Crippen LogP contribution in [0.1, 0.15) is 18.4 Å². The lowest BCUT2D eigenvalue weighted by atomic mass is 10.1. The molecule has 1 heterocycles. The van der Waals surface area contributed by atoms with Crippen molar-refractivity contribution < 1.29 is 13.9 Å². The Kier molecular flexibility index (Phi) is 4.08. The van der Waals surface area contributed by atoms with Crippen LogP contribution >= 0.6 is 0 Å². The summed E-state index contributed by atoms with van der Waals surface area (Å²) in [4.78, 5) is 0. The molecule has 2 nitrogen and oxygen atoms in total. The molecule has 16 heavy (non-hydrogen) atoms. The van der Waals surface area contributed by atoms with Crippen LogP contribution in [0.15, 0.2) is 36.2 Å². The van der Waals surface area contributed by atoms with E-state index in [9.17, 15) is 4.39 Å². The molecule has 0 aromatic heterocycles. The van der Waals surface area contributed by atoms with Crippen molar-refractivity contribution in [3.05, 3.63) is 41.7 Å². The van der Waals surface area contributed by atoms with Crippen molar-refractivity contribution >= 4 is 6.08 Å². The molecule has 0 atom stereocenters. The molecule has 0 amide bonds. The first-order chi connectivity index (χ1) is 7.84. The van der Waals surface area contributed by atoms with E-state index in [0.29, 0.717) is 26.1 Å². The topological polar surface area (TPSA) is 18.5 Å². The number of hydrogen-bond acceptors (Lipinski definition) is 2. The first-order valence-electron chi connectivity index (χ1n) is 5.49. The third kappa shape index (κ3) is 3.43. The van der Waals surface area contributed by atoms with Gasteiger partial charge >= 0.3 is 0 Å². The van der Waals surface area contributed by atoms with Gasteiger partial charge in [0, 0.05) is 12.8 Å². The van der Waals surface area contributed by atoms with Gasteiger partial charge in [-0.2, -0.15) is 0 Å². The predicted octanol–water partition coefficient (Wildman–Crippen LogP) is 3.15. The van der Waals surface area contributed by atoms with Gasteiger partial charge in [-0.3, -0.25) is 0 Å². The Morgan fingerprint density at radius 1 is 1.25 bits per heavy atom. The zero-order chi connectivity index (χ0) is 11.2. The normalized spacial score (nSPS) is 17.9. The highest BCUT2D eigenvalue weighted by molar-refractivity contribution is 5.50. The van der Waals surface area contributed by atoms with Crippen molar-refractivity contribution in [2.45, 2.75) is 19.1 Å². The molecule has 86 valence electrons. The first kappa shape index (κ1) is 11.3. The minimum atomic E-state index is -0.227. The monoisotopic (exact) mass is 222 g/mol. The van der Waals surface area contributed by atoms with Crippen molar-refractivity contribution in [2.75, 3.05) is 13.2 Å². The molecule has 1 aliphatic heterocycles. The van der Waals surface area contributed by atoms with Gasteiger partial charge in [0.1, 0.15) is 5.83 Å². The minimum absolute atomic E-state index is 0.134.